The first-order valence-corrected chi connectivity index (χ1v) is 5.66. The average Bonchev–Trinajstić information content (AvgIpc) is 2.98. The topological polar surface area (TPSA) is 90.7 Å². The molecule has 0 aromatic carbocycles. The lowest BCUT2D eigenvalue weighted by atomic mass is 10.3. The van der Waals surface area contributed by atoms with E-state index in [1.807, 2.05) is 12.1 Å². The SMILES string of the molecule is Nc1nc(-c2nc(-c3cccnc3)no2)cs1. The summed E-state index contributed by atoms with van der Waals surface area (Å²) in [6.45, 7) is 0. The molecular formula is C10H7N5OS. The van der Waals surface area contributed by atoms with Crippen LogP contribution in [0, 0.1) is 0 Å². The maximum absolute atomic E-state index is 5.54. The predicted molar refractivity (Wildman–Crippen MR) is 63.0 cm³/mol. The van der Waals surface area contributed by atoms with Crippen LogP contribution < -0.4 is 5.73 Å². The summed E-state index contributed by atoms with van der Waals surface area (Å²) < 4.78 is 5.12. The van der Waals surface area contributed by atoms with Crippen molar-refractivity contribution in [2.24, 2.45) is 0 Å². The minimum absolute atomic E-state index is 0.358. The van der Waals surface area contributed by atoms with Gasteiger partial charge in [-0.3, -0.25) is 4.98 Å². The zero-order valence-corrected chi connectivity index (χ0v) is 9.39. The van der Waals surface area contributed by atoms with E-state index in [1.165, 1.54) is 11.3 Å². The summed E-state index contributed by atoms with van der Waals surface area (Å²) in [5.41, 5.74) is 6.93. The highest BCUT2D eigenvalue weighted by molar-refractivity contribution is 7.13. The van der Waals surface area contributed by atoms with Crippen LogP contribution in [-0.2, 0) is 0 Å². The fourth-order valence-corrected chi connectivity index (χ4v) is 1.86. The van der Waals surface area contributed by atoms with Crippen LogP contribution in [0.5, 0.6) is 0 Å². The van der Waals surface area contributed by atoms with Crippen LogP contribution in [0.15, 0.2) is 34.4 Å². The van der Waals surface area contributed by atoms with E-state index in [0.717, 1.165) is 5.56 Å². The molecule has 3 aromatic rings. The number of rotatable bonds is 2. The Balaban J connectivity index is 1.99. The third-order valence-electron chi connectivity index (χ3n) is 2.09. The van der Waals surface area contributed by atoms with Gasteiger partial charge in [-0.1, -0.05) is 5.16 Å². The first kappa shape index (κ1) is 9.91. The van der Waals surface area contributed by atoms with Gasteiger partial charge in [0, 0.05) is 23.3 Å². The number of hydrogen-bond donors (Lipinski definition) is 1. The largest absolute Gasteiger partial charge is 0.375 e. The Bertz CT molecular complexity index is 633. The van der Waals surface area contributed by atoms with Gasteiger partial charge < -0.3 is 10.3 Å². The monoisotopic (exact) mass is 245 g/mol. The molecule has 0 atom stereocenters. The Morgan fingerprint density at radius 1 is 1.29 bits per heavy atom. The van der Waals surface area contributed by atoms with Crippen molar-refractivity contribution in [3.8, 4) is 23.0 Å². The van der Waals surface area contributed by atoms with E-state index in [1.54, 1.807) is 17.8 Å². The lowest BCUT2D eigenvalue weighted by Gasteiger charge is -1.89. The predicted octanol–water partition coefficient (Wildman–Crippen LogP) is 1.84. The van der Waals surface area contributed by atoms with Crippen molar-refractivity contribution < 1.29 is 4.52 Å². The number of anilines is 1. The van der Waals surface area contributed by atoms with E-state index in [-0.39, 0.29) is 0 Å². The molecule has 0 fully saturated rings. The average molecular weight is 245 g/mol. The molecule has 6 nitrogen and oxygen atoms in total. The number of pyridine rings is 1. The quantitative estimate of drug-likeness (QED) is 0.740. The van der Waals surface area contributed by atoms with Crippen LogP contribution in [0.2, 0.25) is 0 Å². The molecule has 0 aliphatic rings. The fourth-order valence-electron chi connectivity index (χ4n) is 1.33. The molecule has 0 saturated heterocycles. The van der Waals surface area contributed by atoms with Crippen LogP contribution in [-0.4, -0.2) is 20.1 Å². The normalized spacial score (nSPS) is 10.6. The number of nitrogens with zero attached hydrogens (tertiary/aromatic N) is 4. The molecule has 0 radical (unpaired) electrons. The Hall–Kier alpha value is -2.28. The smallest absolute Gasteiger partial charge is 0.277 e. The number of thiazole rings is 1. The molecule has 0 aliphatic heterocycles. The summed E-state index contributed by atoms with van der Waals surface area (Å²) in [5, 5.41) is 6.12. The Labute approximate surface area is 100 Å². The molecule has 84 valence electrons. The lowest BCUT2D eigenvalue weighted by molar-refractivity contribution is 0.431. The van der Waals surface area contributed by atoms with Crippen molar-refractivity contribution in [2.45, 2.75) is 0 Å². The van der Waals surface area contributed by atoms with Gasteiger partial charge in [-0.25, -0.2) is 4.98 Å². The summed E-state index contributed by atoms with van der Waals surface area (Å²) in [5.74, 6) is 0.844. The van der Waals surface area contributed by atoms with Gasteiger partial charge in [0.25, 0.3) is 5.89 Å². The molecule has 0 aliphatic carbocycles. The summed E-state index contributed by atoms with van der Waals surface area (Å²) in [4.78, 5) is 12.3. The number of aromatic nitrogens is 4. The highest BCUT2D eigenvalue weighted by Gasteiger charge is 2.12. The summed E-state index contributed by atoms with van der Waals surface area (Å²) >= 11 is 1.33. The van der Waals surface area contributed by atoms with Gasteiger partial charge in [0.2, 0.25) is 5.82 Å². The van der Waals surface area contributed by atoms with E-state index >= 15 is 0 Å². The standard InChI is InChI=1S/C10H7N5OS/c11-10-13-7(5-17-10)9-14-8(15-16-9)6-2-1-3-12-4-6/h1-5H,(H2,11,13). The second-order valence-electron chi connectivity index (χ2n) is 3.24. The number of nitrogen functional groups attached to an aromatic ring is 1. The third-order valence-corrected chi connectivity index (χ3v) is 2.76. The molecule has 7 heteroatoms. The first-order valence-electron chi connectivity index (χ1n) is 4.78. The first-order chi connectivity index (χ1) is 8.33. The molecule has 2 N–H and O–H groups in total. The van der Waals surface area contributed by atoms with Crippen molar-refractivity contribution in [1.29, 1.82) is 0 Å². The molecule has 3 rings (SSSR count). The van der Waals surface area contributed by atoms with Crippen molar-refractivity contribution in [1.82, 2.24) is 20.1 Å². The van der Waals surface area contributed by atoms with Gasteiger partial charge >= 0.3 is 0 Å². The van der Waals surface area contributed by atoms with Gasteiger partial charge in [-0.05, 0) is 12.1 Å². The highest BCUT2D eigenvalue weighted by Crippen LogP contribution is 2.23. The zero-order chi connectivity index (χ0) is 11.7. The molecular weight excluding hydrogens is 238 g/mol. The summed E-state index contributed by atoms with van der Waals surface area (Å²) in [6, 6.07) is 3.67. The van der Waals surface area contributed by atoms with Gasteiger partial charge in [-0.15, -0.1) is 11.3 Å². The van der Waals surface area contributed by atoms with E-state index in [2.05, 4.69) is 20.1 Å². The minimum atomic E-state index is 0.358. The van der Waals surface area contributed by atoms with Crippen molar-refractivity contribution >= 4 is 16.5 Å². The van der Waals surface area contributed by atoms with Crippen molar-refractivity contribution in [2.75, 3.05) is 5.73 Å². The number of hydrogen-bond acceptors (Lipinski definition) is 7. The molecule has 3 heterocycles. The second-order valence-corrected chi connectivity index (χ2v) is 4.13. The zero-order valence-electron chi connectivity index (χ0n) is 8.57. The Kier molecular flexibility index (Phi) is 2.30. The Morgan fingerprint density at radius 2 is 2.24 bits per heavy atom. The van der Waals surface area contributed by atoms with Crippen LogP contribution in [0.25, 0.3) is 23.0 Å². The summed E-state index contributed by atoms with van der Waals surface area (Å²) in [7, 11) is 0. The molecule has 0 saturated carbocycles. The molecule has 0 bridgehead atoms. The van der Waals surface area contributed by atoms with E-state index in [0.29, 0.717) is 22.5 Å². The Morgan fingerprint density at radius 3 is 2.94 bits per heavy atom. The van der Waals surface area contributed by atoms with Crippen LogP contribution in [0.3, 0.4) is 0 Å². The van der Waals surface area contributed by atoms with Crippen LogP contribution in [0.1, 0.15) is 0 Å². The van der Waals surface area contributed by atoms with Crippen molar-refractivity contribution in [3.05, 3.63) is 29.9 Å². The number of nitrogens with two attached hydrogens (primary N) is 1. The van der Waals surface area contributed by atoms with Crippen LogP contribution >= 0.6 is 11.3 Å². The molecule has 0 amide bonds. The molecule has 17 heavy (non-hydrogen) atoms. The van der Waals surface area contributed by atoms with Gasteiger partial charge in [-0.2, -0.15) is 4.98 Å². The fraction of sp³-hybridized carbons (Fsp3) is 0. The maximum atomic E-state index is 5.54. The van der Waals surface area contributed by atoms with Gasteiger partial charge in [0.1, 0.15) is 5.69 Å². The highest BCUT2D eigenvalue weighted by atomic mass is 32.1. The van der Waals surface area contributed by atoms with Crippen LogP contribution in [0.4, 0.5) is 5.13 Å². The summed E-state index contributed by atoms with van der Waals surface area (Å²) in [6.07, 6.45) is 3.36. The molecule has 0 unspecified atom stereocenters. The van der Waals surface area contributed by atoms with Crippen molar-refractivity contribution in [3.63, 3.8) is 0 Å². The van der Waals surface area contributed by atoms with E-state index in [4.69, 9.17) is 10.3 Å². The molecule has 3 aromatic heterocycles. The second kappa shape index (κ2) is 3.95. The van der Waals surface area contributed by atoms with E-state index in [9.17, 15) is 0 Å². The maximum Gasteiger partial charge on any atom is 0.277 e. The third kappa shape index (κ3) is 1.87. The van der Waals surface area contributed by atoms with E-state index < -0.39 is 0 Å². The minimum Gasteiger partial charge on any atom is -0.375 e. The van der Waals surface area contributed by atoms with Gasteiger partial charge in [0.05, 0.1) is 0 Å². The lowest BCUT2D eigenvalue weighted by Crippen LogP contribution is -1.84. The van der Waals surface area contributed by atoms with Gasteiger partial charge in [0.15, 0.2) is 5.13 Å². The molecule has 0 spiro atoms.